The Hall–Kier alpha value is -2.78. The van der Waals surface area contributed by atoms with Crippen LogP contribution in [0, 0.1) is 0 Å². The zero-order valence-electron chi connectivity index (χ0n) is 16.2. The lowest BCUT2D eigenvalue weighted by atomic mass is 9.89. The largest absolute Gasteiger partial charge is 0.339 e. The van der Waals surface area contributed by atoms with Crippen LogP contribution in [0.2, 0.25) is 0 Å². The molecule has 1 N–H and O–H groups in total. The number of hydrogen-bond acceptors (Lipinski definition) is 7. The Balaban J connectivity index is 1.39. The number of carbonyl (C=O) groups is 2. The van der Waals surface area contributed by atoms with Crippen molar-refractivity contribution in [2.24, 2.45) is 0 Å². The first-order valence-electron chi connectivity index (χ1n) is 9.86. The Kier molecular flexibility index (Phi) is 5.10. The zero-order chi connectivity index (χ0) is 19.7. The van der Waals surface area contributed by atoms with Crippen LogP contribution in [0.5, 0.6) is 0 Å². The maximum atomic E-state index is 12.7. The molecular formula is C18H25N7O3. The van der Waals surface area contributed by atoms with Crippen molar-refractivity contribution >= 4 is 11.9 Å². The Morgan fingerprint density at radius 2 is 2.04 bits per heavy atom. The summed E-state index contributed by atoms with van der Waals surface area (Å²) in [6.07, 6.45) is 7.76. The molecule has 2 fully saturated rings. The first-order chi connectivity index (χ1) is 13.5. The summed E-state index contributed by atoms with van der Waals surface area (Å²) in [4.78, 5) is 30.5. The average molecular weight is 387 g/mol. The van der Waals surface area contributed by atoms with Gasteiger partial charge in [0.25, 0.3) is 5.91 Å². The number of hydrogen-bond donors (Lipinski definition) is 1. The summed E-state index contributed by atoms with van der Waals surface area (Å²) in [6.45, 7) is 4.00. The molecule has 1 saturated carbocycles. The van der Waals surface area contributed by atoms with Crippen molar-refractivity contribution in [1.29, 1.82) is 0 Å². The summed E-state index contributed by atoms with van der Waals surface area (Å²) in [5.74, 6) is 0.946. The number of carbonyl (C=O) groups excluding carboxylic acids is 2. The SMILES string of the molecule is CC(C)n1cc(CC2NC(=O)N(Cc3noc(C4CCCCC4)n3)C2=O)nn1. The molecule has 1 saturated heterocycles. The fraction of sp³-hybridized carbons (Fsp3) is 0.667. The second-order valence-electron chi connectivity index (χ2n) is 7.80. The number of rotatable bonds is 6. The minimum Gasteiger partial charge on any atom is -0.339 e. The monoisotopic (exact) mass is 387 g/mol. The number of nitrogens with zero attached hydrogens (tertiary/aromatic N) is 6. The van der Waals surface area contributed by atoms with Gasteiger partial charge in [0.15, 0.2) is 5.82 Å². The molecule has 0 spiro atoms. The van der Waals surface area contributed by atoms with E-state index in [0.717, 1.165) is 17.7 Å². The van der Waals surface area contributed by atoms with Gasteiger partial charge in [-0.1, -0.05) is 29.6 Å². The number of imide groups is 1. The van der Waals surface area contributed by atoms with E-state index < -0.39 is 12.1 Å². The van der Waals surface area contributed by atoms with Gasteiger partial charge in [-0.15, -0.1) is 5.10 Å². The molecule has 10 nitrogen and oxygen atoms in total. The van der Waals surface area contributed by atoms with E-state index in [4.69, 9.17) is 4.52 Å². The van der Waals surface area contributed by atoms with Crippen molar-refractivity contribution in [3.05, 3.63) is 23.6 Å². The molecule has 0 aromatic carbocycles. The van der Waals surface area contributed by atoms with E-state index in [1.54, 1.807) is 10.9 Å². The van der Waals surface area contributed by atoms with Crippen molar-refractivity contribution in [3.63, 3.8) is 0 Å². The van der Waals surface area contributed by atoms with Crippen molar-refractivity contribution in [2.45, 2.75) is 76.9 Å². The molecule has 150 valence electrons. The molecule has 2 aromatic rings. The summed E-state index contributed by atoms with van der Waals surface area (Å²) in [5, 5.41) is 14.8. The van der Waals surface area contributed by atoms with Crippen LogP contribution in [0.15, 0.2) is 10.7 Å². The van der Waals surface area contributed by atoms with Gasteiger partial charge in [-0.05, 0) is 26.7 Å². The molecule has 1 aliphatic heterocycles. The van der Waals surface area contributed by atoms with E-state index in [2.05, 4.69) is 25.8 Å². The highest BCUT2D eigenvalue weighted by atomic mass is 16.5. The lowest BCUT2D eigenvalue weighted by Gasteiger charge is -2.17. The van der Waals surface area contributed by atoms with E-state index in [0.29, 0.717) is 23.8 Å². The molecule has 28 heavy (non-hydrogen) atoms. The maximum Gasteiger partial charge on any atom is 0.325 e. The maximum absolute atomic E-state index is 12.7. The quantitative estimate of drug-likeness (QED) is 0.752. The van der Waals surface area contributed by atoms with Crippen molar-refractivity contribution < 1.29 is 14.1 Å². The Bertz CT molecular complexity index is 853. The third kappa shape index (κ3) is 3.76. The average Bonchev–Trinajstić information content (AvgIpc) is 3.40. The molecule has 2 aliphatic rings. The molecule has 0 bridgehead atoms. The van der Waals surface area contributed by atoms with Crippen LogP contribution < -0.4 is 5.32 Å². The van der Waals surface area contributed by atoms with Gasteiger partial charge >= 0.3 is 6.03 Å². The van der Waals surface area contributed by atoms with Crippen LogP contribution >= 0.6 is 0 Å². The highest BCUT2D eigenvalue weighted by molar-refractivity contribution is 6.04. The van der Waals surface area contributed by atoms with Gasteiger partial charge in [0, 0.05) is 24.6 Å². The van der Waals surface area contributed by atoms with Gasteiger partial charge in [0.05, 0.1) is 12.2 Å². The number of nitrogens with one attached hydrogen (secondary N) is 1. The first-order valence-corrected chi connectivity index (χ1v) is 9.86. The van der Waals surface area contributed by atoms with Crippen LogP contribution in [0.3, 0.4) is 0 Å². The standard InChI is InChI=1S/C18H25N7O3/c1-11(2)25-9-13(21-23-25)8-14-17(26)24(18(27)19-14)10-15-20-16(28-22-15)12-6-4-3-5-7-12/h9,11-12,14H,3-8,10H2,1-2H3,(H,19,27). The van der Waals surface area contributed by atoms with E-state index >= 15 is 0 Å². The predicted molar refractivity (Wildman–Crippen MR) is 97.1 cm³/mol. The third-order valence-corrected chi connectivity index (χ3v) is 5.34. The van der Waals surface area contributed by atoms with Gasteiger partial charge in [-0.25, -0.2) is 9.48 Å². The van der Waals surface area contributed by atoms with Crippen LogP contribution in [0.25, 0.3) is 0 Å². The first kappa shape index (κ1) is 18.6. The molecule has 2 aromatic heterocycles. The number of urea groups is 1. The normalized spacial score (nSPS) is 21.0. The molecule has 0 radical (unpaired) electrons. The summed E-state index contributed by atoms with van der Waals surface area (Å²) < 4.78 is 7.10. The summed E-state index contributed by atoms with van der Waals surface area (Å²) in [6, 6.07) is -0.923. The fourth-order valence-electron chi connectivity index (χ4n) is 3.72. The van der Waals surface area contributed by atoms with E-state index in [1.807, 2.05) is 13.8 Å². The molecule has 3 heterocycles. The van der Waals surface area contributed by atoms with Crippen LogP contribution in [-0.4, -0.2) is 48.0 Å². The highest BCUT2D eigenvalue weighted by Gasteiger charge is 2.39. The van der Waals surface area contributed by atoms with Crippen molar-refractivity contribution in [1.82, 2.24) is 35.4 Å². The van der Waals surface area contributed by atoms with Gasteiger partial charge in [-0.2, -0.15) is 4.98 Å². The summed E-state index contributed by atoms with van der Waals surface area (Å²) >= 11 is 0. The van der Waals surface area contributed by atoms with Gasteiger partial charge in [-0.3, -0.25) is 9.69 Å². The fourth-order valence-corrected chi connectivity index (χ4v) is 3.72. The van der Waals surface area contributed by atoms with E-state index in [-0.39, 0.29) is 24.4 Å². The minimum absolute atomic E-state index is 0.00999. The molecule has 4 rings (SSSR count). The van der Waals surface area contributed by atoms with Crippen LogP contribution in [0.4, 0.5) is 4.79 Å². The third-order valence-electron chi connectivity index (χ3n) is 5.34. The zero-order valence-corrected chi connectivity index (χ0v) is 16.2. The molecule has 1 unspecified atom stereocenters. The topological polar surface area (TPSA) is 119 Å². The molecule has 10 heteroatoms. The Morgan fingerprint density at radius 3 is 2.75 bits per heavy atom. The molecule has 1 atom stereocenters. The highest BCUT2D eigenvalue weighted by Crippen LogP contribution is 2.31. The van der Waals surface area contributed by atoms with E-state index in [1.165, 1.54) is 19.3 Å². The summed E-state index contributed by atoms with van der Waals surface area (Å²) in [5.41, 5.74) is 0.661. The van der Waals surface area contributed by atoms with E-state index in [9.17, 15) is 9.59 Å². The number of amides is 3. The smallest absolute Gasteiger partial charge is 0.325 e. The van der Waals surface area contributed by atoms with Gasteiger partial charge < -0.3 is 9.84 Å². The summed E-state index contributed by atoms with van der Waals surface area (Å²) in [7, 11) is 0. The Labute approximate surface area is 162 Å². The minimum atomic E-state index is -0.658. The molecule has 1 aliphatic carbocycles. The van der Waals surface area contributed by atoms with Crippen LogP contribution in [0.1, 0.15) is 75.3 Å². The van der Waals surface area contributed by atoms with Crippen molar-refractivity contribution in [3.8, 4) is 0 Å². The number of aromatic nitrogens is 5. The van der Waals surface area contributed by atoms with Gasteiger partial charge in [0.2, 0.25) is 5.89 Å². The lowest BCUT2D eigenvalue weighted by Crippen LogP contribution is -2.32. The van der Waals surface area contributed by atoms with Crippen LogP contribution in [-0.2, 0) is 17.8 Å². The molecule has 3 amide bonds. The predicted octanol–water partition coefficient (Wildman–Crippen LogP) is 1.95. The second kappa shape index (κ2) is 7.69. The Morgan fingerprint density at radius 1 is 1.25 bits per heavy atom. The van der Waals surface area contributed by atoms with Gasteiger partial charge in [0.1, 0.15) is 6.04 Å². The second-order valence-corrected chi connectivity index (χ2v) is 7.80. The molecular weight excluding hydrogens is 362 g/mol. The lowest BCUT2D eigenvalue weighted by molar-refractivity contribution is -0.127. The van der Waals surface area contributed by atoms with Crippen molar-refractivity contribution in [2.75, 3.05) is 0 Å².